The first-order chi connectivity index (χ1) is 16.9. The Morgan fingerprint density at radius 3 is 2.71 bits per heavy atom. The number of benzene rings is 2. The normalized spacial score (nSPS) is 10.7. The second-order valence-electron chi connectivity index (χ2n) is 7.61. The summed E-state index contributed by atoms with van der Waals surface area (Å²) in [5.41, 5.74) is 2.43. The van der Waals surface area contributed by atoms with Gasteiger partial charge in [0.1, 0.15) is 18.0 Å². The van der Waals surface area contributed by atoms with E-state index in [0.29, 0.717) is 33.2 Å². The van der Waals surface area contributed by atoms with Crippen molar-refractivity contribution < 1.29 is 19.1 Å². The van der Waals surface area contributed by atoms with Crippen LogP contribution in [0.25, 0.3) is 5.65 Å². The molecule has 0 unspecified atom stereocenters. The summed E-state index contributed by atoms with van der Waals surface area (Å²) in [5, 5.41) is 2.81. The van der Waals surface area contributed by atoms with Crippen LogP contribution in [0.2, 0.25) is 0 Å². The molecule has 2 aromatic carbocycles. The first-order valence-corrected chi connectivity index (χ1v) is 11.7. The lowest BCUT2D eigenvalue weighted by Crippen LogP contribution is -2.17. The zero-order chi connectivity index (χ0) is 24.8. The quantitative estimate of drug-likeness (QED) is 0.294. The minimum atomic E-state index is -0.562. The summed E-state index contributed by atoms with van der Waals surface area (Å²) in [6.07, 6.45) is 1.64. The Morgan fingerprint density at radius 1 is 1.06 bits per heavy atom. The highest BCUT2D eigenvalue weighted by Crippen LogP contribution is 2.24. The number of fused-ring (bicyclic) bond motifs is 1. The maximum Gasteiger partial charge on any atom is 0.339 e. The third-order valence-electron chi connectivity index (χ3n) is 5.11. The Labute approximate surface area is 205 Å². The molecule has 0 atom stereocenters. The van der Waals surface area contributed by atoms with Gasteiger partial charge >= 0.3 is 5.97 Å². The highest BCUT2D eigenvalue weighted by Gasteiger charge is 2.15. The van der Waals surface area contributed by atoms with E-state index in [0.717, 1.165) is 5.56 Å². The molecule has 0 saturated carbocycles. The second-order valence-corrected chi connectivity index (χ2v) is 8.63. The molecule has 0 saturated heterocycles. The summed E-state index contributed by atoms with van der Waals surface area (Å²) in [6, 6.07) is 18.9. The number of methoxy groups -OCH3 is 1. The Morgan fingerprint density at radius 2 is 1.89 bits per heavy atom. The fraction of sp³-hybridized carbons (Fsp3) is 0.154. The van der Waals surface area contributed by atoms with Crippen molar-refractivity contribution in [3.63, 3.8) is 0 Å². The third kappa shape index (κ3) is 5.88. The summed E-state index contributed by atoms with van der Waals surface area (Å²) in [7, 11) is 1.56. The Balaban J connectivity index is 1.41. The summed E-state index contributed by atoms with van der Waals surface area (Å²) in [6.45, 7) is 1.71. The summed E-state index contributed by atoms with van der Waals surface area (Å²) in [5.74, 6) is -0.0398. The number of amides is 1. The molecule has 178 valence electrons. The number of carbonyl (C=O) groups is 2. The molecule has 4 aromatic rings. The molecule has 0 spiro atoms. The lowest BCUT2D eigenvalue weighted by molar-refractivity contribution is -0.113. The monoisotopic (exact) mass is 489 g/mol. The third-order valence-corrected chi connectivity index (χ3v) is 6.18. The van der Waals surface area contributed by atoms with E-state index in [1.807, 2.05) is 13.0 Å². The number of hydrogen-bond acceptors (Lipinski definition) is 7. The number of nitrogens with zero attached hydrogens (tertiary/aromatic N) is 2. The zero-order valence-corrected chi connectivity index (χ0v) is 20.0. The number of pyridine rings is 1. The molecule has 0 aliphatic heterocycles. The first-order valence-electron chi connectivity index (χ1n) is 10.8. The predicted molar refractivity (Wildman–Crippen MR) is 134 cm³/mol. The number of aryl methyl sites for hydroxylation is 1. The van der Waals surface area contributed by atoms with Gasteiger partial charge in [-0.3, -0.25) is 14.0 Å². The molecule has 8 nitrogen and oxygen atoms in total. The molecule has 1 amide bonds. The van der Waals surface area contributed by atoms with Gasteiger partial charge in [-0.1, -0.05) is 24.3 Å². The number of ether oxygens (including phenoxy) is 2. The minimum absolute atomic E-state index is 0.101. The maximum absolute atomic E-state index is 12.8. The SMILES string of the molecule is COc1cccc(NC(=O)CSc2ccccc2C(=O)OCc2cc(=O)n3cccc(C)c3n2)c1. The van der Waals surface area contributed by atoms with Crippen molar-refractivity contribution in [3.8, 4) is 5.75 Å². The average Bonchev–Trinajstić information content (AvgIpc) is 2.87. The van der Waals surface area contributed by atoms with Crippen LogP contribution in [0.1, 0.15) is 21.6 Å². The number of esters is 1. The van der Waals surface area contributed by atoms with Crippen molar-refractivity contribution in [2.75, 3.05) is 18.2 Å². The van der Waals surface area contributed by atoms with E-state index in [1.54, 1.807) is 67.9 Å². The molecule has 0 aliphatic rings. The Hall–Kier alpha value is -4.11. The summed E-state index contributed by atoms with van der Waals surface area (Å²) >= 11 is 1.23. The smallest absolute Gasteiger partial charge is 0.339 e. The molecular weight excluding hydrogens is 466 g/mol. The molecule has 0 radical (unpaired) electrons. The molecule has 0 bridgehead atoms. The van der Waals surface area contributed by atoms with Gasteiger partial charge in [0.15, 0.2) is 0 Å². The van der Waals surface area contributed by atoms with E-state index in [9.17, 15) is 14.4 Å². The van der Waals surface area contributed by atoms with Crippen LogP contribution < -0.4 is 15.6 Å². The zero-order valence-electron chi connectivity index (χ0n) is 19.2. The highest BCUT2D eigenvalue weighted by molar-refractivity contribution is 8.00. The topological polar surface area (TPSA) is 99.0 Å². The molecule has 35 heavy (non-hydrogen) atoms. The van der Waals surface area contributed by atoms with Crippen LogP contribution in [-0.4, -0.2) is 34.1 Å². The number of thioether (sulfide) groups is 1. The number of aromatic nitrogens is 2. The summed E-state index contributed by atoms with van der Waals surface area (Å²) in [4.78, 5) is 42.7. The van der Waals surface area contributed by atoms with E-state index in [1.165, 1.54) is 22.2 Å². The van der Waals surface area contributed by atoms with Gasteiger partial charge in [0.05, 0.1) is 24.1 Å². The van der Waals surface area contributed by atoms with Gasteiger partial charge < -0.3 is 14.8 Å². The largest absolute Gasteiger partial charge is 0.497 e. The van der Waals surface area contributed by atoms with Gasteiger partial charge in [0, 0.05) is 28.9 Å². The molecule has 1 N–H and O–H groups in total. The highest BCUT2D eigenvalue weighted by atomic mass is 32.2. The lowest BCUT2D eigenvalue weighted by Gasteiger charge is -2.11. The number of carbonyl (C=O) groups excluding carboxylic acids is 2. The van der Waals surface area contributed by atoms with E-state index < -0.39 is 5.97 Å². The Bertz CT molecular complexity index is 1450. The first kappa shape index (κ1) is 24.0. The van der Waals surface area contributed by atoms with Crippen molar-refractivity contribution in [3.05, 3.63) is 100 Å². The number of hydrogen-bond donors (Lipinski definition) is 1. The molecule has 0 aliphatic carbocycles. The molecule has 0 fully saturated rings. The van der Waals surface area contributed by atoms with Crippen molar-refractivity contribution in [1.29, 1.82) is 0 Å². The van der Waals surface area contributed by atoms with Crippen molar-refractivity contribution >= 4 is 35.0 Å². The number of anilines is 1. The molecule has 2 heterocycles. The van der Waals surface area contributed by atoms with Gasteiger partial charge in [0.25, 0.3) is 5.56 Å². The number of nitrogens with one attached hydrogen (secondary N) is 1. The van der Waals surface area contributed by atoms with Crippen LogP contribution in [0.5, 0.6) is 5.75 Å². The van der Waals surface area contributed by atoms with E-state index in [-0.39, 0.29) is 23.8 Å². The molecule has 2 aromatic heterocycles. The fourth-order valence-electron chi connectivity index (χ4n) is 3.40. The maximum atomic E-state index is 12.8. The van der Waals surface area contributed by atoms with E-state index >= 15 is 0 Å². The summed E-state index contributed by atoms with van der Waals surface area (Å²) < 4.78 is 12.1. The average molecular weight is 490 g/mol. The van der Waals surface area contributed by atoms with Crippen LogP contribution in [0.15, 0.2) is 82.6 Å². The van der Waals surface area contributed by atoms with Gasteiger partial charge in [-0.25, -0.2) is 9.78 Å². The van der Waals surface area contributed by atoms with E-state index in [4.69, 9.17) is 9.47 Å². The second kappa shape index (κ2) is 10.9. The fourth-order valence-corrected chi connectivity index (χ4v) is 4.24. The van der Waals surface area contributed by atoms with Gasteiger partial charge in [-0.15, -0.1) is 11.8 Å². The van der Waals surface area contributed by atoms with Gasteiger partial charge in [0.2, 0.25) is 5.91 Å². The molecular formula is C26H23N3O5S. The lowest BCUT2D eigenvalue weighted by atomic mass is 10.2. The van der Waals surface area contributed by atoms with Crippen molar-refractivity contribution in [2.24, 2.45) is 0 Å². The van der Waals surface area contributed by atoms with Gasteiger partial charge in [-0.2, -0.15) is 0 Å². The van der Waals surface area contributed by atoms with Crippen LogP contribution in [-0.2, 0) is 16.1 Å². The predicted octanol–water partition coefficient (Wildman–Crippen LogP) is 4.10. The van der Waals surface area contributed by atoms with Crippen LogP contribution >= 0.6 is 11.8 Å². The molecule has 4 rings (SSSR count). The minimum Gasteiger partial charge on any atom is -0.497 e. The van der Waals surface area contributed by atoms with Crippen LogP contribution in [0.4, 0.5) is 5.69 Å². The van der Waals surface area contributed by atoms with E-state index in [2.05, 4.69) is 10.3 Å². The van der Waals surface area contributed by atoms with Gasteiger partial charge in [-0.05, 0) is 42.8 Å². The number of rotatable bonds is 8. The van der Waals surface area contributed by atoms with Crippen LogP contribution in [0.3, 0.4) is 0 Å². The van der Waals surface area contributed by atoms with Crippen molar-refractivity contribution in [1.82, 2.24) is 9.38 Å². The van der Waals surface area contributed by atoms with Crippen molar-refractivity contribution in [2.45, 2.75) is 18.4 Å². The van der Waals surface area contributed by atoms with Crippen LogP contribution in [0, 0.1) is 6.92 Å². The standard InChI is InChI=1S/C26H23N3O5S/c1-17-7-6-12-29-24(31)14-19(28-25(17)29)15-34-26(32)21-10-3-4-11-22(21)35-16-23(30)27-18-8-5-9-20(13-18)33-2/h3-14H,15-16H2,1-2H3,(H,27,30). The molecule has 9 heteroatoms. The Kier molecular flexibility index (Phi) is 7.47.